The molecule has 0 aliphatic carbocycles. The number of hydrogen-bond acceptors (Lipinski definition) is 3. The third-order valence-electron chi connectivity index (χ3n) is 5.13. The van der Waals surface area contributed by atoms with Crippen molar-refractivity contribution in [3.05, 3.63) is 59.7 Å². The summed E-state index contributed by atoms with van der Waals surface area (Å²) in [6.45, 7) is 3.42. The Balaban J connectivity index is 1.29. The number of benzene rings is 2. The van der Waals surface area contributed by atoms with Crippen LogP contribution in [-0.2, 0) is 6.42 Å². The van der Waals surface area contributed by atoms with Crippen LogP contribution in [0, 0.1) is 11.6 Å². The molecule has 1 saturated heterocycles. The number of rotatable bonds is 9. The highest BCUT2D eigenvalue weighted by Crippen LogP contribution is 2.21. The van der Waals surface area contributed by atoms with Gasteiger partial charge < -0.3 is 20.3 Å². The Morgan fingerprint density at radius 3 is 2.33 bits per heavy atom. The van der Waals surface area contributed by atoms with Gasteiger partial charge in [-0.05, 0) is 49.1 Å². The van der Waals surface area contributed by atoms with Crippen molar-refractivity contribution in [3.8, 4) is 5.75 Å². The van der Waals surface area contributed by atoms with E-state index in [2.05, 4.69) is 10.6 Å². The number of para-hydroxylation sites is 1. The zero-order valence-electron chi connectivity index (χ0n) is 17.1. The second-order valence-corrected chi connectivity index (χ2v) is 7.43. The van der Waals surface area contributed by atoms with Crippen molar-refractivity contribution in [1.82, 2.24) is 10.2 Å². The van der Waals surface area contributed by atoms with Crippen molar-refractivity contribution in [3.63, 3.8) is 0 Å². The number of amides is 2. The molecule has 0 saturated carbocycles. The lowest BCUT2D eigenvalue weighted by Gasteiger charge is -2.27. The van der Waals surface area contributed by atoms with Crippen LogP contribution in [0.3, 0.4) is 0 Å². The highest BCUT2D eigenvalue weighted by molar-refractivity contribution is 5.89. The van der Waals surface area contributed by atoms with Crippen molar-refractivity contribution < 1.29 is 18.3 Å². The first-order valence-corrected chi connectivity index (χ1v) is 10.6. The molecule has 0 spiro atoms. The van der Waals surface area contributed by atoms with Crippen LogP contribution in [0.1, 0.15) is 31.2 Å². The van der Waals surface area contributed by atoms with Gasteiger partial charge in [0.15, 0.2) is 17.4 Å². The summed E-state index contributed by atoms with van der Waals surface area (Å²) in [4.78, 5) is 14.0. The van der Waals surface area contributed by atoms with Crippen LogP contribution >= 0.6 is 0 Å². The van der Waals surface area contributed by atoms with Crippen molar-refractivity contribution in [2.75, 3.05) is 38.1 Å². The molecule has 0 atom stereocenters. The van der Waals surface area contributed by atoms with Crippen LogP contribution in [0.4, 0.5) is 19.3 Å². The van der Waals surface area contributed by atoms with E-state index < -0.39 is 11.6 Å². The molecular weight excluding hydrogens is 388 g/mol. The van der Waals surface area contributed by atoms with Crippen LogP contribution in [0.2, 0.25) is 0 Å². The molecule has 0 bridgehead atoms. The maximum Gasteiger partial charge on any atom is 0.321 e. The number of aryl methyl sites for hydroxylation is 1. The molecule has 7 heteroatoms. The van der Waals surface area contributed by atoms with E-state index in [4.69, 9.17) is 4.74 Å². The first-order valence-electron chi connectivity index (χ1n) is 10.6. The largest absolute Gasteiger partial charge is 0.488 e. The summed E-state index contributed by atoms with van der Waals surface area (Å²) in [5, 5.41) is 6.17. The third kappa shape index (κ3) is 6.69. The van der Waals surface area contributed by atoms with Crippen molar-refractivity contribution in [2.24, 2.45) is 0 Å². The Labute approximate surface area is 176 Å². The standard InChI is InChI=1S/C23H29F2N3O2/c24-20-7-5-8-21(25)22(20)30-17-4-2-1-3-6-18-9-11-19(12-10-18)27-23(29)28-15-13-26-14-16-28/h5,7-12,26H,1-4,6,13-17H2,(H,27,29). The van der Waals surface area contributed by atoms with Gasteiger partial charge in [0.2, 0.25) is 0 Å². The summed E-state index contributed by atoms with van der Waals surface area (Å²) in [6.07, 6.45) is 4.69. The van der Waals surface area contributed by atoms with Crippen LogP contribution in [-0.4, -0.2) is 43.7 Å². The molecule has 2 amide bonds. The number of carbonyl (C=O) groups excluding carboxylic acids is 1. The summed E-state index contributed by atoms with van der Waals surface area (Å²) < 4.78 is 32.2. The van der Waals surface area contributed by atoms with Gasteiger partial charge in [-0.15, -0.1) is 0 Å². The number of halogens is 2. The fourth-order valence-corrected chi connectivity index (χ4v) is 3.40. The maximum atomic E-state index is 13.5. The SMILES string of the molecule is O=C(Nc1ccc(CCCCCCOc2c(F)cccc2F)cc1)N1CCNCC1. The Morgan fingerprint density at radius 2 is 1.63 bits per heavy atom. The number of nitrogens with one attached hydrogen (secondary N) is 2. The zero-order chi connectivity index (χ0) is 21.2. The lowest BCUT2D eigenvalue weighted by atomic mass is 10.1. The third-order valence-corrected chi connectivity index (χ3v) is 5.13. The normalized spacial score (nSPS) is 13.9. The van der Waals surface area contributed by atoms with Gasteiger partial charge in [-0.25, -0.2) is 13.6 Å². The number of nitrogens with zero attached hydrogens (tertiary/aromatic N) is 1. The Kier molecular flexibility index (Phi) is 8.44. The number of unbranched alkanes of at least 4 members (excludes halogenated alkanes) is 3. The van der Waals surface area contributed by atoms with Gasteiger partial charge in [0.1, 0.15) is 0 Å². The summed E-state index contributed by atoms with van der Waals surface area (Å²) >= 11 is 0. The molecule has 2 N–H and O–H groups in total. The molecule has 2 aromatic carbocycles. The molecule has 162 valence electrons. The molecule has 5 nitrogen and oxygen atoms in total. The zero-order valence-corrected chi connectivity index (χ0v) is 17.1. The minimum Gasteiger partial charge on any atom is -0.488 e. The van der Waals surface area contributed by atoms with Crippen molar-refractivity contribution in [2.45, 2.75) is 32.1 Å². The monoisotopic (exact) mass is 417 g/mol. The van der Waals surface area contributed by atoms with Gasteiger partial charge in [0.25, 0.3) is 0 Å². The number of hydrogen-bond donors (Lipinski definition) is 2. The minimum atomic E-state index is -0.664. The molecule has 3 rings (SSSR count). The Hall–Kier alpha value is -2.67. The molecule has 1 aliphatic heterocycles. The molecule has 1 fully saturated rings. The van der Waals surface area contributed by atoms with E-state index in [9.17, 15) is 13.6 Å². The van der Waals surface area contributed by atoms with Gasteiger partial charge >= 0.3 is 6.03 Å². The molecule has 0 aromatic heterocycles. The van der Waals surface area contributed by atoms with Crippen LogP contribution < -0.4 is 15.4 Å². The van der Waals surface area contributed by atoms with E-state index in [1.807, 2.05) is 29.2 Å². The molecule has 1 heterocycles. The first-order chi connectivity index (χ1) is 14.6. The van der Waals surface area contributed by atoms with E-state index in [0.29, 0.717) is 6.61 Å². The summed E-state index contributed by atoms with van der Waals surface area (Å²) in [6, 6.07) is 11.6. The van der Waals surface area contributed by atoms with Gasteiger partial charge in [0.05, 0.1) is 6.61 Å². The van der Waals surface area contributed by atoms with E-state index in [1.54, 1.807) is 0 Å². The predicted molar refractivity (Wildman–Crippen MR) is 114 cm³/mol. The molecular formula is C23H29F2N3O2. The van der Waals surface area contributed by atoms with Crippen LogP contribution in [0.15, 0.2) is 42.5 Å². The Morgan fingerprint density at radius 1 is 0.967 bits per heavy atom. The van der Waals surface area contributed by atoms with E-state index in [1.165, 1.54) is 23.8 Å². The van der Waals surface area contributed by atoms with Crippen LogP contribution in [0.5, 0.6) is 5.75 Å². The Bertz CT molecular complexity index is 788. The van der Waals surface area contributed by atoms with Crippen LogP contribution in [0.25, 0.3) is 0 Å². The lowest BCUT2D eigenvalue weighted by molar-refractivity contribution is 0.204. The summed E-state index contributed by atoms with van der Waals surface area (Å²) in [5.74, 6) is -1.62. The van der Waals surface area contributed by atoms with Crippen molar-refractivity contribution in [1.29, 1.82) is 0 Å². The van der Waals surface area contributed by atoms with Gasteiger partial charge in [-0.3, -0.25) is 0 Å². The topological polar surface area (TPSA) is 53.6 Å². The number of carbonyl (C=O) groups is 1. The average molecular weight is 418 g/mol. The molecule has 1 aliphatic rings. The second kappa shape index (κ2) is 11.5. The number of urea groups is 1. The lowest BCUT2D eigenvalue weighted by Crippen LogP contribution is -2.48. The maximum absolute atomic E-state index is 13.5. The molecule has 30 heavy (non-hydrogen) atoms. The molecule has 0 unspecified atom stereocenters. The predicted octanol–water partition coefficient (Wildman–Crippen LogP) is 4.58. The highest BCUT2D eigenvalue weighted by Gasteiger charge is 2.15. The van der Waals surface area contributed by atoms with Crippen molar-refractivity contribution >= 4 is 11.7 Å². The molecule has 2 aromatic rings. The number of piperazine rings is 1. The highest BCUT2D eigenvalue weighted by atomic mass is 19.1. The summed E-state index contributed by atoms with van der Waals surface area (Å²) in [7, 11) is 0. The van der Waals surface area contributed by atoms with E-state index >= 15 is 0 Å². The number of ether oxygens (including phenoxy) is 1. The first kappa shape index (κ1) is 22.0. The smallest absolute Gasteiger partial charge is 0.321 e. The fourth-order valence-electron chi connectivity index (χ4n) is 3.40. The average Bonchev–Trinajstić information content (AvgIpc) is 2.76. The quantitative estimate of drug-likeness (QED) is 0.587. The van der Waals surface area contributed by atoms with Gasteiger partial charge in [-0.2, -0.15) is 0 Å². The van der Waals surface area contributed by atoms with Gasteiger partial charge in [-0.1, -0.05) is 31.0 Å². The minimum absolute atomic E-state index is 0.0539. The molecule has 0 radical (unpaired) electrons. The van der Waals surface area contributed by atoms with Gasteiger partial charge in [0, 0.05) is 31.9 Å². The fraction of sp³-hybridized carbons (Fsp3) is 0.435. The second-order valence-electron chi connectivity index (χ2n) is 7.43. The summed E-state index contributed by atoms with van der Waals surface area (Å²) in [5.41, 5.74) is 2.03. The van der Waals surface area contributed by atoms with E-state index in [0.717, 1.165) is 64.0 Å². The van der Waals surface area contributed by atoms with E-state index in [-0.39, 0.29) is 11.8 Å². The number of anilines is 1.